The maximum Gasteiger partial charge on any atom is 0.244 e. The number of anilines is 1. The molecule has 0 unspecified atom stereocenters. The van der Waals surface area contributed by atoms with Gasteiger partial charge in [0, 0.05) is 23.2 Å². The number of benzene rings is 3. The number of aromatic nitrogens is 1. The van der Waals surface area contributed by atoms with E-state index in [1.807, 2.05) is 6.07 Å². The summed E-state index contributed by atoms with van der Waals surface area (Å²) >= 11 is 0. The molecule has 0 aliphatic carbocycles. The van der Waals surface area contributed by atoms with Gasteiger partial charge in [0.1, 0.15) is 18.2 Å². The van der Waals surface area contributed by atoms with E-state index < -0.39 is 27.4 Å². The molecule has 0 fully saturated rings. The van der Waals surface area contributed by atoms with Gasteiger partial charge in [0.15, 0.2) is 9.84 Å². The number of hydrogen-bond acceptors (Lipinski definition) is 3. The molecule has 0 aliphatic heterocycles. The average Bonchev–Trinajstić information content (AvgIpc) is 3.10. The zero-order chi connectivity index (χ0) is 22.0. The first-order valence-corrected chi connectivity index (χ1v) is 11.1. The molecule has 31 heavy (non-hydrogen) atoms. The summed E-state index contributed by atoms with van der Waals surface area (Å²) < 4.78 is 54.6. The molecule has 0 saturated carbocycles. The normalized spacial score (nSPS) is 11.5. The number of rotatable bonds is 6. The molecular formula is C23H18F2N2O3S. The number of para-hydroxylation sites is 1. The predicted molar refractivity (Wildman–Crippen MR) is 114 cm³/mol. The fraction of sp³-hybridized carbons (Fsp3) is 0.0870. The summed E-state index contributed by atoms with van der Waals surface area (Å²) in [5, 5.41) is 2.89. The van der Waals surface area contributed by atoms with E-state index in [1.54, 1.807) is 48.5 Å². The topological polar surface area (TPSA) is 68.2 Å². The molecule has 8 heteroatoms. The molecule has 4 rings (SSSR count). The molecule has 0 spiro atoms. The third kappa shape index (κ3) is 4.49. The van der Waals surface area contributed by atoms with Crippen LogP contribution in [0.15, 0.2) is 83.9 Å². The summed E-state index contributed by atoms with van der Waals surface area (Å²) in [6.45, 7) is -0.238. The highest BCUT2D eigenvalue weighted by atomic mass is 32.2. The molecule has 1 N–H and O–H groups in total. The summed E-state index contributed by atoms with van der Waals surface area (Å²) in [7, 11) is -3.68. The lowest BCUT2D eigenvalue weighted by Gasteiger charge is -2.08. The number of nitrogens with zero attached hydrogens (tertiary/aromatic N) is 1. The van der Waals surface area contributed by atoms with Crippen LogP contribution in [-0.4, -0.2) is 18.9 Å². The Morgan fingerprint density at radius 2 is 1.65 bits per heavy atom. The summed E-state index contributed by atoms with van der Waals surface area (Å²) in [5.74, 6) is -2.38. The maximum absolute atomic E-state index is 13.8. The standard InChI is InChI=1S/C23H18F2N2O3S/c24-17-10-11-20(19(25)12-17)26-23(28)14-27-13-22(18-8-4-5-9-21(18)27)31(29,30)15-16-6-2-1-3-7-16/h1-13H,14-15H2,(H,26,28). The Hall–Kier alpha value is -3.52. The lowest BCUT2D eigenvalue weighted by atomic mass is 10.2. The van der Waals surface area contributed by atoms with Gasteiger partial charge in [-0.3, -0.25) is 4.79 Å². The first-order valence-electron chi connectivity index (χ1n) is 9.43. The highest BCUT2D eigenvalue weighted by Crippen LogP contribution is 2.28. The Balaban J connectivity index is 1.64. The van der Waals surface area contributed by atoms with Crippen molar-refractivity contribution < 1.29 is 22.0 Å². The SMILES string of the molecule is O=C(Cn1cc(S(=O)(=O)Cc2ccccc2)c2ccccc21)Nc1ccc(F)cc1F. The number of fused-ring (bicyclic) bond motifs is 1. The number of amides is 1. The Bertz CT molecular complexity index is 1370. The van der Waals surface area contributed by atoms with Crippen LogP contribution in [-0.2, 0) is 26.9 Å². The second-order valence-electron chi connectivity index (χ2n) is 7.06. The predicted octanol–water partition coefficient (Wildman–Crippen LogP) is 4.53. The summed E-state index contributed by atoms with van der Waals surface area (Å²) in [6, 6.07) is 18.5. The minimum absolute atomic E-state index is 0.118. The Labute approximate surface area is 177 Å². The number of carbonyl (C=O) groups is 1. The quantitative estimate of drug-likeness (QED) is 0.479. The van der Waals surface area contributed by atoms with E-state index in [2.05, 4.69) is 5.32 Å². The zero-order valence-corrected chi connectivity index (χ0v) is 17.1. The Kier molecular flexibility index (Phi) is 5.56. The van der Waals surface area contributed by atoms with Gasteiger partial charge in [0.25, 0.3) is 0 Å². The van der Waals surface area contributed by atoms with Crippen molar-refractivity contribution in [2.24, 2.45) is 0 Å². The monoisotopic (exact) mass is 440 g/mol. The molecule has 4 aromatic rings. The van der Waals surface area contributed by atoms with E-state index in [4.69, 9.17) is 0 Å². The fourth-order valence-corrected chi connectivity index (χ4v) is 4.98. The van der Waals surface area contributed by atoms with Crippen LogP contribution in [0.3, 0.4) is 0 Å². The number of sulfone groups is 1. The molecule has 0 bridgehead atoms. The average molecular weight is 440 g/mol. The van der Waals surface area contributed by atoms with Crippen molar-refractivity contribution in [3.8, 4) is 0 Å². The molecule has 0 aliphatic rings. The van der Waals surface area contributed by atoms with E-state index in [-0.39, 0.29) is 22.9 Å². The highest BCUT2D eigenvalue weighted by Gasteiger charge is 2.22. The number of carbonyl (C=O) groups excluding carboxylic acids is 1. The van der Waals surface area contributed by atoms with Gasteiger partial charge in [-0.05, 0) is 23.8 Å². The van der Waals surface area contributed by atoms with Crippen LogP contribution in [0.25, 0.3) is 10.9 Å². The Morgan fingerprint density at radius 3 is 2.39 bits per heavy atom. The van der Waals surface area contributed by atoms with Gasteiger partial charge in [-0.15, -0.1) is 0 Å². The van der Waals surface area contributed by atoms with Gasteiger partial charge < -0.3 is 9.88 Å². The number of nitrogens with one attached hydrogen (secondary N) is 1. The van der Waals surface area contributed by atoms with Crippen LogP contribution in [0.2, 0.25) is 0 Å². The van der Waals surface area contributed by atoms with Gasteiger partial charge in [-0.1, -0.05) is 48.5 Å². The molecule has 1 amide bonds. The van der Waals surface area contributed by atoms with Crippen LogP contribution in [0.1, 0.15) is 5.56 Å². The van der Waals surface area contributed by atoms with Gasteiger partial charge in [-0.25, -0.2) is 17.2 Å². The van der Waals surface area contributed by atoms with Crippen molar-refractivity contribution in [3.63, 3.8) is 0 Å². The van der Waals surface area contributed by atoms with Crippen molar-refractivity contribution in [1.29, 1.82) is 0 Å². The minimum Gasteiger partial charge on any atom is -0.337 e. The first kappa shape index (κ1) is 20.7. The van der Waals surface area contributed by atoms with Crippen LogP contribution in [0.4, 0.5) is 14.5 Å². The van der Waals surface area contributed by atoms with Crippen molar-refractivity contribution >= 4 is 32.3 Å². The lowest BCUT2D eigenvalue weighted by molar-refractivity contribution is -0.116. The van der Waals surface area contributed by atoms with E-state index in [0.29, 0.717) is 22.5 Å². The minimum atomic E-state index is -3.68. The second kappa shape index (κ2) is 8.31. The van der Waals surface area contributed by atoms with E-state index in [0.717, 1.165) is 12.1 Å². The van der Waals surface area contributed by atoms with Gasteiger partial charge in [-0.2, -0.15) is 0 Å². The maximum atomic E-state index is 13.8. The zero-order valence-electron chi connectivity index (χ0n) is 16.3. The van der Waals surface area contributed by atoms with Crippen molar-refractivity contribution in [2.75, 3.05) is 5.32 Å². The number of hydrogen-bond donors (Lipinski definition) is 1. The van der Waals surface area contributed by atoms with Gasteiger partial charge in [0.2, 0.25) is 5.91 Å². The van der Waals surface area contributed by atoms with Crippen molar-refractivity contribution in [1.82, 2.24) is 4.57 Å². The molecule has 1 heterocycles. The molecule has 0 radical (unpaired) electrons. The molecule has 1 aromatic heterocycles. The molecule has 5 nitrogen and oxygen atoms in total. The van der Waals surface area contributed by atoms with E-state index in [9.17, 15) is 22.0 Å². The third-order valence-electron chi connectivity index (χ3n) is 4.81. The second-order valence-corrected chi connectivity index (χ2v) is 9.01. The summed E-state index contributed by atoms with van der Waals surface area (Å²) in [4.78, 5) is 12.6. The van der Waals surface area contributed by atoms with Crippen LogP contribution >= 0.6 is 0 Å². The van der Waals surface area contributed by atoms with Gasteiger partial charge >= 0.3 is 0 Å². The Morgan fingerprint density at radius 1 is 0.935 bits per heavy atom. The molecule has 3 aromatic carbocycles. The van der Waals surface area contributed by atoms with Crippen molar-refractivity contribution in [2.45, 2.75) is 17.2 Å². The van der Waals surface area contributed by atoms with Crippen LogP contribution < -0.4 is 5.32 Å². The fourth-order valence-electron chi connectivity index (χ4n) is 3.40. The third-order valence-corrected chi connectivity index (χ3v) is 6.51. The first-order chi connectivity index (χ1) is 14.8. The molecule has 0 saturated heterocycles. The van der Waals surface area contributed by atoms with Crippen molar-refractivity contribution in [3.05, 3.63) is 96.2 Å². The van der Waals surface area contributed by atoms with Crippen LogP contribution in [0.5, 0.6) is 0 Å². The van der Waals surface area contributed by atoms with E-state index >= 15 is 0 Å². The summed E-state index contributed by atoms with van der Waals surface area (Å²) in [6.07, 6.45) is 1.42. The smallest absolute Gasteiger partial charge is 0.244 e. The van der Waals surface area contributed by atoms with E-state index in [1.165, 1.54) is 10.8 Å². The molecular weight excluding hydrogens is 422 g/mol. The molecule has 158 valence electrons. The van der Waals surface area contributed by atoms with Gasteiger partial charge in [0.05, 0.1) is 16.3 Å². The molecule has 0 atom stereocenters. The number of halogens is 2. The largest absolute Gasteiger partial charge is 0.337 e. The lowest BCUT2D eigenvalue weighted by Crippen LogP contribution is -2.19. The highest BCUT2D eigenvalue weighted by molar-refractivity contribution is 7.90. The summed E-state index contributed by atoms with van der Waals surface area (Å²) in [5.41, 5.74) is 1.06. The van der Waals surface area contributed by atoms with Crippen LogP contribution in [0, 0.1) is 11.6 Å².